The third kappa shape index (κ3) is 4.04. The van der Waals surface area contributed by atoms with E-state index in [9.17, 15) is 0 Å². The van der Waals surface area contributed by atoms with E-state index < -0.39 is 0 Å². The Kier molecular flexibility index (Phi) is 4.12. The van der Waals surface area contributed by atoms with Crippen LogP contribution in [0.1, 0.15) is 19.8 Å². The van der Waals surface area contributed by atoms with Crippen LogP contribution < -0.4 is 5.73 Å². The first-order chi connectivity index (χ1) is 6.20. The Balaban J connectivity index is 2.02. The molecule has 0 aliphatic heterocycles. The second-order valence-electron chi connectivity index (χ2n) is 3.50. The zero-order valence-corrected chi connectivity index (χ0v) is 8.41. The largest absolute Gasteiger partial charge is 0.374 e. The second kappa shape index (κ2) is 4.91. The lowest BCUT2D eigenvalue weighted by Crippen LogP contribution is -2.31. The molecule has 0 saturated heterocycles. The van der Waals surface area contributed by atoms with Crippen molar-refractivity contribution in [2.24, 2.45) is 5.73 Å². The van der Waals surface area contributed by atoms with Gasteiger partial charge in [0.25, 0.3) is 0 Å². The lowest BCUT2D eigenvalue weighted by Gasteiger charge is -2.16. The lowest BCUT2D eigenvalue weighted by atomic mass is 10.3. The van der Waals surface area contributed by atoms with E-state index >= 15 is 0 Å². The van der Waals surface area contributed by atoms with Crippen LogP contribution in [0, 0.1) is 0 Å². The standard InChI is InChI=1S/C9H19NO3/c1-3-13-8(11-2)6-12-7-9(10)4-5-9/h8H,3-7,10H2,1-2H3. The minimum Gasteiger partial charge on any atom is -0.374 e. The lowest BCUT2D eigenvalue weighted by molar-refractivity contribution is -0.155. The van der Waals surface area contributed by atoms with Crippen molar-refractivity contribution in [3.8, 4) is 0 Å². The predicted molar refractivity (Wildman–Crippen MR) is 49.4 cm³/mol. The Hall–Kier alpha value is -0.160. The molecule has 0 aromatic heterocycles. The van der Waals surface area contributed by atoms with Gasteiger partial charge in [0.2, 0.25) is 0 Å². The van der Waals surface area contributed by atoms with Crippen LogP contribution in [0.2, 0.25) is 0 Å². The van der Waals surface area contributed by atoms with Crippen LogP contribution in [0.25, 0.3) is 0 Å². The second-order valence-corrected chi connectivity index (χ2v) is 3.50. The fraction of sp³-hybridized carbons (Fsp3) is 1.00. The van der Waals surface area contributed by atoms with E-state index in [1.54, 1.807) is 7.11 Å². The number of hydrogen-bond donors (Lipinski definition) is 1. The normalized spacial score (nSPS) is 21.5. The average molecular weight is 189 g/mol. The van der Waals surface area contributed by atoms with Gasteiger partial charge in [-0.1, -0.05) is 0 Å². The van der Waals surface area contributed by atoms with Crippen molar-refractivity contribution in [2.75, 3.05) is 26.9 Å². The Morgan fingerprint density at radius 1 is 1.46 bits per heavy atom. The zero-order chi connectivity index (χ0) is 9.73. The van der Waals surface area contributed by atoms with Gasteiger partial charge in [-0.3, -0.25) is 0 Å². The van der Waals surface area contributed by atoms with Gasteiger partial charge in [-0.05, 0) is 19.8 Å². The van der Waals surface area contributed by atoms with Crippen molar-refractivity contribution in [1.29, 1.82) is 0 Å². The summed E-state index contributed by atoms with van der Waals surface area (Å²) in [6, 6.07) is 0. The summed E-state index contributed by atoms with van der Waals surface area (Å²) in [5.74, 6) is 0. The van der Waals surface area contributed by atoms with Gasteiger partial charge in [0.15, 0.2) is 6.29 Å². The third-order valence-electron chi connectivity index (χ3n) is 2.15. The van der Waals surface area contributed by atoms with Gasteiger partial charge >= 0.3 is 0 Å². The molecule has 78 valence electrons. The highest BCUT2D eigenvalue weighted by Crippen LogP contribution is 2.32. The first-order valence-corrected chi connectivity index (χ1v) is 4.71. The molecule has 4 heteroatoms. The maximum absolute atomic E-state index is 5.84. The Labute approximate surface area is 79.3 Å². The molecule has 0 spiro atoms. The molecule has 0 amide bonds. The van der Waals surface area contributed by atoms with Crippen molar-refractivity contribution in [3.05, 3.63) is 0 Å². The van der Waals surface area contributed by atoms with E-state index in [0.29, 0.717) is 19.8 Å². The Morgan fingerprint density at radius 2 is 2.15 bits per heavy atom. The maximum Gasteiger partial charge on any atom is 0.180 e. The number of rotatable bonds is 7. The van der Waals surface area contributed by atoms with Crippen LogP contribution in [0.15, 0.2) is 0 Å². The summed E-state index contributed by atoms with van der Waals surface area (Å²) in [7, 11) is 1.61. The van der Waals surface area contributed by atoms with E-state index in [2.05, 4.69) is 0 Å². The summed E-state index contributed by atoms with van der Waals surface area (Å²) >= 11 is 0. The van der Waals surface area contributed by atoms with Crippen molar-refractivity contribution in [2.45, 2.75) is 31.6 Å². The number of methoxy groups -OCH3 is 1. The summed E-state index contributed by atoms with van der Waals surface area (Å²) in [6.07, 6.45) is 1.88. The van der Waals surface area contributed by atoms with Crippen LogP contribution in [0.3, 0.4) is 0 Å². The molecule has 0 radical (unpaired) electrons. The molecule has 1 aliphatic carbocycles. The molecule has 0 bridgehead atoms. The smallest absolute Gasteiger partial charge is 0.180 e. The van der Waals surface area contributed by atoms with Gasteiger partial charge in [0, 0.05) is 19.3 Å². The summed E-state index contributed by atoms with van der Waals surface area (Å²) in [5.41, 5.74) is 5.79. The molecule has 1 fully saturated rings. The van der Waals surface area contributed by atoms with Crippen LogP contribution in [0.4, 0.5) is 0 Å². The van der Waals surface area contributed by atoms with E-state index in [4.69, 9.17) is 19.9 Å². The fourth-order valence-corrected chi connectivity index (χ4v) is 1.03. The van der Waals surface area contributed by atoms with E-state index in [1.165, 1.54) is 0 Å². The summed E-state index contributed by atoms with van der Waals surface area (Å²) in [5, 5.41) is 0. The topological polar surface area (TPSA) is 53.7 Å². The van der Waals surface area contributed by atoms with Crippen LogP contribution in [-0.2, 0) is 14.2 Å². The number of hydrogen-bond acceptors (Lipinski definition) is 4. The summed E-state index contributed by atoms with van der Waals surface area (Å²) < 4.78 is 15.7. The number of nitrogens with two attached hydrogens (primary N) is 1. The predicted octanol–water partition coefficient (Wildman–Crippen LogP) is 0.503. The Bertz CT molecular complexity index is 148. The zero-order valence-electron chi connectivity index (χ0n) is 8.41. The van der Waals surface area contributed by atoms with Crippen molar-refractivity contribution >= 4 is 0 Å². The minimum atomic E-state index is -0.257. The molecular weight excluding hydrogens is 170 g/mol. The van der Waals surface area contributed by atoms with Crippen molar-refractivity contribution in [1.82, 2.24) is 0 Å². The monoisotopic (exact) mass is 189 g/mol. The average Bonchev–Trinajstić information content (AvgIpc) is 2.83. The molecule has 1 aliphatic rings. The van der Waals surface area contributed by atoms with Gasteiger partial charge in [-0.25, -0.2) is 0 Å². The van der Waals surface area contributed by atoms with E-state index in [0.717, 1.165) is 12.8 Å². The van der Waals surface area contributed by atoms with Gasteiger partial charge in [-0.15, -0.1) is 0 Å². The molecule has 0 aromatic carbocycles. The minimum absolute atomic E-state index is 0.0511. The molecule has 1 saturated carbocycles. The van der Waals surface area contributed by atoms with Crippen LogP contribution >= 0.6 is 0 Å². The molecule has 13 heavy (non-hydrogen) atoms. The molecule has 2 N–H and O–H groups in total. The molecule has 4 nitrogen and oxygen atoms in total. The van der Waals surface area contributed by atoms with Gasteiger partial charge < -0.3 is 19.9 Å². The molecule has 1 unspecified atom stereocenters. The quantitative estimate of drug-likeness (QED) is 0.593. The molecule has 0 aromatic rings. The highest BCUT2D eigenvalue weighted by atomic mass is 16.7. The SMILES string of the molecule is CCOC(COCC1(N)CC1)OC. The van der Waals surface area contributed by atoms with Gasteiger partial charge in [-0.2, -0.15) is 0 Å². The first-order valence-electron chi connectivity index (χ1n) is 4.71. The highest BCUT2D eigenvalue weighted by molar-refractivity contribution is 4.98. The third-order valence-corrected chi connectivity index (χ3v) is 2.15. The maximum atomic E-state index is 5.84. The fourth-order valence-electron chi connectivity index (χ4n) is 1.03. The van der Waals surface area contributed by atoms with Crippen LogP contribution in [-0.4, -0.2) is 38.8 Å². The van der Waals surface area contributed by atoms with Gasteiger partial charge in [0.1, 0.15) is 0 Å². The highest BCUT2D eigenvalue weighted by Gasteiger charge is 2.38. The molecule has 0 heterocycles. The molecule has 1 rings (SSSR count). The first kappa shape index (κ1) is 10.9. The summed E-state index contributed by atoms with van der Waals surface area (Å²) in [4.78, 5) is 0. The van der Waals surface area contributed by atoms with Gasteiger partial charge in [0.05, 0.1) is 13.2 Å². The van der Waals surface area contributed by atoms with Crippen LogP contribution in [0.5, 0.6) is 0 Å². The summed E-state index contributed by atoms with van der Waals surface area (Å²) in [6.45, 7) is 3.64. The Morgan fingerprint density at radius 3 is 2.62 bits per heavy atom. The molecular formula is C9H19NO3. The molecule has 1 atom stereocenters. The van der Waals surface area contributed by atoms with E-state index in [1.807, 2.05) is 6.92 Å². The van der Waals surface area contributed by atoms with Crippen molar-refractivity contribution < 1.29 is 14.2 Å². The van der Waals surface area contributed by atoms with Crippen molar-refractivity contribution in [3.63, 3.8) is 0 Å². The van der Waals surface area contributed by atoms with E-state index in [-0.39, 0.29) is 11.8 Å². The number of ether oxygens (including phenoxy) is 3.